The first-order valence-corrected chi connectivity index (χ1v) is 9.92. The lowest BCUT2D eigenvalue weighted by atomic mass is 9.98. The Morgan fingerprint density at radius 1 is 1.12 bits per heavy atom. The molecule has 0 unspecified atom stereocenters. The molecule has 0 saturated carbocycles. The highest BCUT2D eigenvalue weighted by Crippen LogP contribution is 2.26. The number of benzene rings is 2. The van der Waals surface area contributed by atoms with Crippen molar-refractivity contribution in [1.29, 1.82) is 0 Å². The first kappa shape index (κ1) is 18.5. The predicted molar refractivity (Wildman–Crippen MR) is 97.7 cm³/mol. The average molecular weight is 376 g/mol. The van der Waals surface area contributed by atoms with E-state index in [1.165, 1.54) is 16.4 Å². The Balaban J connectivity index is 1.76. The first-order chi connectivity index (χ1) is 12.4. The molecule has 1 aliphatic heterocycles. The number of hydrogen-bond acceptors (Lipinski definition) is 3. The summed E-state index contributed by atoms with van der Waals surface area (Å²) in [5.74, 6) is -0.987. The third kappa shape index (κ3) is 3.78. The zero-order valence-corrected chi connectivity index (χ0v) is 15.3. The number of amides is 1. The van der Waals surface area contributed by atoms with Crippen LogP contribution in [0.1, 0.15) is 12.8 Å². The van der Waals surface area contributed by atoms with Crippen molar-refractivity contribution in [3.63, 3.8) is 0 Å². The van der Waals surface area contributed by atoms with Crippen LogP contribution in [0.2, 0.25) is 0 Å². The molecule has 0 aliphatic carbocycles. The molecule has 1 aliphatic rings. The predicted octanol–water partition coefficient (Wildman–Crippen LogP) is 2.89. The Bertz CT molecular complexity index is 869. The standard InChI is InChI=1S/C19H21FN2O3S/c1-21(17-7-3-2-4-8-17)19(23)15-6-5-13-22(14-15)26(24,25)18-11-9-16(20)10-12-18/h2-4,7-12,15H,5-6,13-14H2,1H3/t15-/m1/s1. The van der Waals surface area contributed by atoms with Gasteiger partial charge in [0.1, 0.15) is 5.82 Å². The van der Waals surface area contributed by atoms with Gasteiger partial charge in [-0.3, -0.25) is 4.79 Å². The van der Waals surface area contributed by atoms with Crippen LogP contribution in [-0.4, -0.2) is 38.8 Å². The molecule has 138 valence electrons. The van der Waals surface area contributed by atoms with Gasteiger partial charge in [0.15, 0.2) is 0 Å². The molecule has 5 nitrogen and oxygen atoms in total. The van der Waals surface area contributed by atoms with Gasteiger partial charge in [0, 0.05) is 25.8 Å². The van der Waals surface area contributed by atoms with E-state index in [0.29, 0.717) is 19.4 Å². The zero-order valence-electron chi connectivity index (χ0n) is 14.5. The van der Waals surface area contributed by atoms with Gasteiger partial charge < -0.3 is 4.90 Å². The van der Waals surface area contributed by atoms with E-state index in [-0.39, 0.29) is 17.3 Å². The highest BCUT2D eigenvalue weighted by molar-refractivity contribution is 7.89. The minimum Gasteiger partial charge on any atom is -0.315 e. The van der Waals surface area contributed by atoms with Crippen LogP contribution in [0.15, 0.2) is 59.5 Å². The fourth-order valence-corrected chi connectivity index (χ4v) is 4.69. The molecule has 1 heterocycles. The van der Waals surface area contributed by atoms with Crippen LogP contribution < -0.4 is 4.90 Å². The fraction of sp³-hybridized carbons (Fsp3) is 0.316. The van der Waals surface area contributed by atoms with E-state index < -0.39 is 21.8 Å². The molecular formula is C19H21FN2O3S. The van der Waals surface area contributed by atoms with Crippen LogP contribution in [0.3, 0.4) is 0 Å². The van der Waals surface area contributed by atoms with E-state index in [4.69, 9.17) is 0 Å². The van der Waals surface area contributed by atoms with Gasteiger partial charge in [-0.2, -0.15) is 4.31 Å². The molecule has 2 aromatic carbocycles. The lowest BCUT2D eigenvalue weighted by Gasteiger charge is -2.33. The number of carbonyl (C=O) groups is 1. The molecule has 1 atom stereocenters. The van der Waals surface area contributed by atoms with Gasteiger partial charge in [0.25, 0.3) is 0 Å². The lowest BCUT2D eigenvalue weighted by molar-refractivity contribution is -0.123. The maximum absolute atomic E-state index is 13.1. The maximum Gasteiger partial charge on any atom is 0.243 e. The smallest absolute Gasteiger partial charge is 0.243 e. The third-order valence-electron chi connectivity index (χ3n) is 4.66. The summed E-state index contributed by atoms with van der Waals surface area (Å²) < 4.78 is 40.0. The number of rotatable bonds is 4. The number of piperidine rings is 1. The lowest BCUT2D eigenvalue weighted by Crippen LogP contribution is -2.45. The van der Waals surface area contributed by atoms with Crippen molar-refractivity contribution in [2.24, 2.45) is 5.92 Å². The number of nitrogens with zero attached hydrogens (tertiary/aromatic N) is 2. The summed E-state index contributed by atoms with van der Waals surface area (Å²) in [5.41, 5.74) is 0.774. The van der Waals surface area contributed by atoms with Gasteiger partial charge >= 0.3 is 0 Å². The summed E-state index contributed by atoms with van der Waals surface area (Å²) in [4.78, 5) is 14.4. The number of carbonyl (C=O) groups excluding carboxylic acids is 1. The second-order valence-electron chi connectivity index (χ2n) is 6.39. The Kier molecular flexibility index (Phi) is 5.38. The van der Waals surface area contributed by atoms with E-state index in [2.05, 4.69) is 0 Å². The topological polar surface area (TPSA) is 57.7 Å². The van der Waals surface area contributed by atoms with Crippen LogP contribution in [0.5, 0.6) is 0 Å². The third-order valence-corrected chi connectivity index (χ3v) is 6.54. The number of para-hydroxylation sites is 1. The quantitative estimate of drug-likeness (QED) is 0.824. The highest BCUT2D eigenvalue weighted by atomic mass is 32.2. The number of sulfonamides is 1. The second-order valence-corrected chi connectivity index (χ2v) is 8.33. The SMILES string of the molecule is CN(C(=O)[C@@H]1CCCN(S(=O)(=O)c2ccc(F)cc2)C1)c1ccccc1. The Morgan fingerprint density at radius 2 is 1.77 bits per heavy atom. The van der Waals surface area contributed by atoms with Gasteiger partial charge in [-0.1, -0.05) is 18.2 Å². The molecule has 7 heteroatoms. The molecule has 0 bridgehead atoms. The molecule has 1 amide bonds. The molecule has 0 radical (unpaired) electrons. The molecular weight excluding hydrogens is 355 g/mol. The minimum absolute atomic E-state index is 0.0448. The summed E-state index contributed by atoms with van der Waals surface area (Å²) in [6.45, 7) is 0.494. The molecule has 26 heavy (non-hydrogen) atoms. The van der Waals surface area contributed by atoms with E-state index in [9.17, 15) is 17.6 Å². The van der Waals surface area contributed by atoms with Crippen LogP contribution in [-0.2, 0) is 14.8 Å². The summed E-state index contributed by atoms with van der Waals surface area (Å²) in [7, 11) is -2.04. The van der Waals surface area contributed by atoms with Gasteiger partial charge in [-0.25, -0.2) is 12.8 Å². The number of halogens is 1. The molecule has 1 fully saturated rings. The van der Waals surface area contributed by atoms with Gasteiger partial charge in [-0.15, -0.1) is 0 Å². The number of anilines is 1. The zero-order chi connectivity index (χ0) is 18.7. The summed E-state index contributed by atoms with van der Waals surface area (Å²) >= 11 is 0. The maximum atomic E-state index is 13.1. The second kappa shape index (κ2) is 7.55. The fourth-order valence-electron chi connectivity index (χ4n) is 3.17. The number of hydrogen-bond donors (Lipinski definition) is 0. The van der Waals surface area contributed by atoms with Gasteiger partial charge in [0.2, 0.25) is 15.9 Å². The van der Waals surface area contributed by atoms with Crippen LogP contribution in [0.25, 0.3) is 0 Å². The van der Waals surface area contributed by atoms with Crippen molar-refractivity contribution in [2.75, 3.05) is 25.0 Å². The normalized spacial score (nSPS) is 18.5. The Morgan fingerprint density at radius 3 is 2.42 bits per heavy atom. The summed E-state index contributed by atoms with van der Waals surface area (Å²) in [5, 5.41) is 0. The van der Waals surface area contributed by atoms with E-state index in [1.54, 1.807) is 11.9 Å². The Labute approximate surface area is 153 Å². The van der Waals surface area contributed by atoms with E-state index in [1.807, 2.05) is 30.3 Å². The molecule has 1 saturated heterocycles. The van der Waals surface area contributed by atoms with E-state index >= 15 is 0 Å². The molecule has 0 aromatic heterocycles. The molecule has 0 spiro atoms. The van der Waals surface area contributed by atoms with Crippen LogP contribution in [0.4, 0.5) is 10.1 Å². The largest absolute Gasteiger partial charge is 0.315 e. The molecule has 2 aromatic rings. The van der Waals surface area contributed by atoms with Crippen LogP contribution in [0, 0.1) is 11.7 Å². The highest BCUT2D eigenvalue weighted by Gasteiger charge is 2.34. The van der Waals surface area contributed by atoms with Crippen molar-refractivity contribution in [2.45, 2.75) is 17.7 Å². The van der Waals surface area contributed by atoms with Gasteiger partial charge in [0.05, 0.1) is 10.8 Å². The molecule has 0 N–H and O–H groups in total. The van der Waals surface area contributed by atoms with Gasteiger partial charge in [-0.05, 0) is 49.2 Å². The van der Waals surface area contributed by atoms with Crippen molar-refractivity contribution in [3.8, 4) is 0 Å². The van der Waals surface area contributed by atoms with Crippen molar-refractivity contribution >= 4 is 21.6 Å². The molecule has 3 rings (SSSR count). The van der Waals surface area contributed by atoms with Crippen molar-refractivity contribution in [3.05, 3.63) is 60.4 Å². The van der Waals surface area contributed by atoms with Crippen molar-refractivity contribution in [1.82, 2.24) is 4.31 Å². The van der Waals surface area contributed by atoms with Crippen molar-refractivity contribution < 1.29 is 17.6 Å². The van der Waals surface area contributed by atoms with E-state index in [0.717, 1.165) is 17.8 Å². The Hall–Kier alpha value is -2.25. The summed E-state index contributed by atoms with van der Waals surface area (Å²) in [6.07, 6.45) is 1.25. The average Bonchev–Trinajstić information content (AvgIpc) is 2.68. The minimum atomic E-state index is -3.74. The summed E-state index contributed by atoms with van der Waals surface area (Å²) in [6, 6.07) is 14.0. The van der Waals surface area contributed by atoms with Crippen LogP contribution >= 0.6 is 0 Å². The first-order valence-electron chi connectivity index (χ1n) is 8.48. The monoisotopic (exact) mass is 376 g/mol.